The van der Waals surface area contributed by atoms with Gasteiger partial charge in [0.25, 0.3) is 0 Å². The normalized spacial score (nSPS) is 17.0. The SMILES string of the molecule is COC(=O)[C@H](CCC(N)=O)NC(=O)[C@H](Cc1ccccc1)NC(=O)[C@@H]1CCCN1C(=O)OC(C)(C)C. The number of benzene rings is 1. The van der Waals surface area contributed by atoms with E-state index in [0.717, 1.165) is 5.56 Å². The summed E-state index contributed by atoms with van der Waals surface area (Å²) < 4.78 is 10.2. The van der Waals surface area contributed by atoms with E-state index in [-0.39, 0.29) is 19.3 Å². The fourth-order valence-corrected chi connectivity index (χ4v) is 3.86. The largest absolute Gasteiger partial charge is 0.467 e. The summed E-state index contributed by atoms with van der Waals surface area (Å²) in [5, 5.41) is 5.30. The van der Waals surface area contributed by atoms with Gasteiger partial charge >= 0.3 is 12.1 Å². The summed E-state index contributed by atoms with van der Waals surface area (Å²) in [6.45, 7) is 5.59. The molecule has 1 saturated heterocycles. The molecule has 3 atom stereocenters. The Morgan fingerprint density at radius 3 is 2.33 bits per heavy atom. The van der Waals surface area contributed by atoms with Gasteiger partial charge in [-0.1, -0.05) is 30.3 Å². The summed E-state index contributed by atoms with van der Waals surface area (Å²) in [5.74, 6) is -2.49. The molecule has 1 aromatic carbocycles. The quantitative estimate of drug-likeness (QED) is 0.402. The molecule has 11 nitrogen and oxygen atoms in total. The molecule has 11 heteroatoms. The van der Waals surface area contributed by atoms with Gasteiger partial charge in [0.2, 0.25) is 17.7 Å². The van der Waals surface area contributed by atoms with E-state index in [1.807, 2.05) is 6.07 Å². The lowest BCUT2D eigenvalue weighted by Crippen LogP contribution is -2.56. The van der Waals surface area contributed by atoms with Gasteiger partial charge in [0.05, 0.1) is 7.11 Å². The molecule has 1 fully saturated rings. The van der Waals surface area contributed by atoms with E-state index < -0.39 is 53.5 Å². The number of nitrogens with two attached hydrogens (primary N) is 1. The lowest BCUT2D eigenvalue weighted by molar-refractivity contribution is -0.145. The molecule has 0 saturated carbocycles. The molecule has 0 unspecified atom stereocenters. The van der Waals surface area contributed by atoms with Crippen LogP contribution < -0.4 is 16.4 Å². The number of carbonyl (C=O) groups excluding carboxylic acids is 5. The van der Waals surface area contributed by atoms with Crippen LogP contribution in [0, 0.1) is 0 Å². The number of ether oxygens (including phenoxy) is 2. The molecule has 2 rings (SSSR count). The number of hydrogen-bond acceptors (Lipinski definition) is 7. The first-order valence-electron chi connectivity index (χ1n) is 11.9. The van der Waals surface area contributed by atoms with Gasteiger partial charge < -0.3 is 25.8 Å². The molecular formula is C25H36N4O7. The maximum absolute atomic E-state index is 13.2. The zero-order chi connectivity index (χ0) is 26.9. The molecule has 0 spiro atoms. The minimum Gasteiger partial charge on any atom is -0.467 e. The summed E-state index contributed by atoms with van der Waals surface area (Å²) in [6, 6.07) is 6.08. The highest BCUT2D eigenvalue weighted by molar-refractivity contribution is 5.93. The highest BCUT2D eigenvalue weighted by atomic mass is 16.6. The van der Waals surface area contributed by atoms with Crippen molar-refractivity contribution in [2.24, 2.45) is 5.73 Å². The molecule has 1 heterocycles. The maximum Gasteiger partial charge on any atom is 0.410 e. The van der Waals surface area contributed by atoms with Crippen molar-refractivity contribution >= 4 is 29.8 Å². The van der Waals surface area contributed by atoms with Crippen LogP contribution in [0.5, 0.6) is 0 Å². The summed E-state index contributed by atoms with van der Waals surface area (Å²) in [5.41, 5.74) is 5.24. The Kier molecular flexibility index (Phi) is 10.2. The van der Waals surface area contributed by atoms with E-state index in [0.29, 0.717) is 19.4 Å². The topological polar surface area (TPSA) is 157 Å². The molecule has 1 aliphatic heterocycles. The Bertz CT molecular complexity index is 945. The fourth-order valence-electron chi connectivity index (χ4n) is 3.86. The van der Waals surface area contributed by atoms with Crippen LogP contribution in [0.2, 0.25) is 0 Å². The van der Waals surface area contributed by atoms with Crippen molar-refractivity contribution in [1.82, 2.24) is 15.5 Å². The molecule has 1 aromatic rings. The van der Waals surface area contributed by atoms with E-state index in [1.165, 1.54) is 12.0 Å². The molecule has 0 radical (unpaired) electrons. The molecule has 0 aromatic heterocycles. The highest BCUT2D eigenvalue weighted by Crippen LogP contribution is 2.21. The average molecular weight is 505 g/mol. The first-order valence-corrected chi connectivity index (χ1v) is 11.9. The van der Waals surface area contributed by atoms with Crippen molar-refractivity contribution in [2.45, 2.75) is 76.6 Å². The van der Waals surface area contributed by atoms with Crippen molar-refractivity contribution in [1.29, 1.82) is 0 Å². The van der Waals surface area contributed by atoms with Gasteiger partial charge in [-0.2, -0.15) is 0 Å². The van der Waals surface area contributed by atoms with Crippen molar-refractivity contribution in [3.63, 3.8) is 0 Å². The van der Waals surface area contributed by atoms with Crippen LogP contribution in [0.15, 0.2) is 30.3 Å². The summed E-state index contributed by atoms with van der Waals surface area (Å²) in [7, 11) is 1.17. The highest BCUT2D eigenvalue weighted by Gasteiger charge is 2.38. The average Bonchev–Trinajstić information content (AvgIpc) is 3.30. The van der Waals surface area contributed by atoms with Crippen LogP contribution in [0.3, 0.4) is 0 Å². The number of carbonyl (C=O) groups is 5. The molecule has 0 aliphatic carbocycles. The zero-order valence-electron chi connectivity index (χ0n) is 21.2. The number of primary amides is 1. The van der Waals surface area contributed by atoms with Crippen molar-refractivity contribution in [3.8, 4) is 0 Å². The predicted molar refractivity (Wildman–Crippen MR) is 130 cm³/mol. The van der Waals surface area contributed by atoms with Crippen LogP contribution in [-0.2, 0) is 35.1 Å². The van der Waals surface area contributed by atoms with Gasteiger partial charge in [0, 0.05) is 19.4 Å². The molecule has 4 N–H and O–H groups in total. The van der Waals surface area contributed by atoms with Crippen LogP contribution in [-0.4, -0.2) is 72.1 Å². The maximum atomic E-state index is 13.2. The van der Waals surface area contributed by atoms with E-state index in [4.69, 9.17) is 15.2 Å². The minimum absolute atomic E-state index is 0.0468. The summed E-state index contributed by atoms with van der Waals surface area (Å²) in [4.78, 5) is 63.8. The summed E-state index contributed by atoms with van der Waals surface area (Å²) in [6.07, 6.45) is 0.401. The van der Waals surface area contributed by atoms with E-state index in [9.17, 15) is 24.0 Å². The lowest BCUT2D eigenvalue weighted by atomic mass is 10.0. The second kappa shape index (κ2) is 12.9. The van der Waals surface area contributed by atoms with Crippen LogP contribution >= 0.6 is 0 Å². The molecule has 1 aliphatic rings. The van der Waals surface area contributed by atoms with Crippen molar-refractivity contribution in [3.05, 3.63) is 35.9 Å². The molecule has 0 bridgehead atoms. The van der Waals surface area contributed by atoms with Gasteiger partial charge in [-0.3, -0.25) is 19.3 Å². The Hall–Kier alpha value is -3.63. The number of esters is 1. The monoisotopic (exact) mass is 504 g/mol. The Balaban J connectivity index is 2.20. The summed E-state index contributed by atoms with van der Waals surface area (Å²) >= 11 is 0. The molecule has 198 valence electrons. The van der Waals surface area contributed by atoms with E-state index in [1.54, 1.807) is 45.0 Å². The zero-order valence-corrected chi connectivity index (χ0v) is 21.2. The predicted octanol–water partition coefficient (Wildman–Crippen LogP) is 1.04. The number of hydrogen-bond donors (Lipinski definition) is 3. The number of amides is 4. The second-order valence-corrected chi connectivity index (χ2v) is 9.67. The first-order chi connectivity index (χ1) is 16.9. The van der Waals surface area contributed by atoms with Crippen LogP contribution in [0.1, 0.15) is 52.0 Å². The molecular weight excluding hydrogens is 468 g/mol. The van der Waals surface area contributed by atoms with Gasteiger partial charge in [-0.15, -0.1) is 0 Å². The number of nitrogens with zero attached hydrogens (tertiary/aromatic N) is 1. The molecule has 4 amide bonds. The second-order valence-electron chi connectivity index (χ2n) is 9.67. The van der Waals surface area contributed by atoms with Gasteiger partial charge in [0.15, 0.2) is 0 Å². The smallest absolute Gasteiger partial charge is 0.410 e. The van der Waals surface area contributed by atoms with E-state index in [2.05, 4.69) is 10.6 Å². The Labute approximate surface area is 211 Å². The fraction of sp³-hybridized carbons (Fsp3) is 0.560. The molecule has 36 heavy (non-hydrogen) atoms. The van der Waals surface area contributed by atoms with Gasteiger partial charge in [-0.05, 0) is 45.6 Å². The lowest BCUT2D eigenvalue weighted by Gasteiger charge is -2.29. The number of nitrogens with one attached hydrogen (secondary N) is 2. The van der Waals surface area contributed by atoms with Gasteiger partial charge in [0.1, 0.15) is 23.7 Å². The number of rotatable bonds is 10. The van der Waals surface area contributed by atoms with Crippen molar-refractivity contribution in [2.75, 3.05) is 13.7 Å². The number of methoxy groups -OCH3 is 1. The third-order valence-corrected chi connectivity index (χ3v) is 5.58. The third-order valence-electron chi connectivity index (χ3n) is 5.58. The third kappa shape index (κ3) is 8.86. The number of likely N-dealkylation sites (tertiary alicyclic amines) is 1. The Morgan fingerprint density at radius 2 is 1.75 bits per heavy atom. The standard InChI is InChI=1S/C25H36N4O7/c1-25(2,3)36-24(34)29-14-8-11-19(29)22(32)28-18(15-16-9-6-5-7-10-16)21(31)27-17(23(33)35-4)12-13-20(26)30/h5-7,9-10,17-19H,8,11-15H2,1-4H3,(H2,26,30)(H,27,31)(H,28,32)/t17-,18-,19-/m0/s1. The van der Waals surface area contributed by atoms with Crippen LogP contribution in [0.4, 0.5) is 4.79 Å². The van der Waals surface area contributed by atoms with Crippen molar-refractivity contribution < 1.29 is 33.4 Å². The first kappa shape index (κ1) is 28.6. The Morgan fingerprint density at radius 1 is 1.08 bits per heavy atom. The van der Waals surface area contributed by atoms with Gasteiger partial charge in [-0.25, -0.2) is 9.59 Å². The van der Waals surface area contributed by atoms with E-state index >= 15 is 0 Å². The van der Waals surface area contributed by atoms with Crippen LogP contribution in [0.25, 0.3) is 0 Å². The minimum atomic E-state index is -1.12.